The van der Waals surface area contributed by atoms with Crippen LogP contribution in [0.3, 0.4) is 0 Å². The summed E-state index contributed by atoms with van der Waals surface area (Å²) in [5.74, 6) is -0.228. The van der Waals surface area contributed by atoms with Crippen LogP contribution in [-0.4, -0.2) is 18.0 Å². The number of hydrogen-bond donors (Lipinski definition) is 2. The van der Waals surface area contributed by atoms with Crippen molar-refractivity contribution in [2.24, 2.45) is 0 Å². The number of alkyl halides is 3. The van der Waals surface area contributed by atoms with Crippen LogP contribution in [0, 0.1) is 18.3 Å². The Hall–Kier alpha value is -3.28. The number of nitrogens with one attached hydrogen (secondary N) is 2. The van der Waals surface area contributed by atoms with Crippen LogP contribution in [0.2, 0.25) is 0 Å². The molecule has 0 saturated carbocycles. The van der Waals surface area contributed by atoms with Crippen LogP contribution >= 0.6 is 0 Å². The number of ether oxygens (including phenoxy) is 1. The van der Waals surface area contributed by atoms with Gasteiger partial charge in [0.2, 0.25) is 5.91 Å². The molecule has 0 unspecified atom stereocenters. The highest BCUT2D eigenvalue weighted by molar-refractivity contribution is 5.80. The lowest BCUT2D eigenvalue weighted by Gasteiger charge is -2.14. The summed E-state index contributed by atoms with van der Waals surface area (Å²) in [4.78, 5) is 15.8. The quantitative estimate of drug-likeness (QED) is 0.797. The molecule has 0 aliphatic heterocycles. The van der Waals surface area contributed by atoms with Gasteiger partial charge in [0, 0.05) is 5.69 Å². The Morgan fingerprint density at radius 3 is 2.50 bits per heavy atom. The van der Waals surface area contributed by atoms with Crippen LogP contribution in [0.5, 0.6) is 5.75 Å². The SMILES string of the molecule is COc1ccc(CC(=O)NNc2nc(C)cc(C(F)(F)F)c2C#N)cc1. The molecule has 0 atom stereocenters. The monoisotopic (exact) mass is 364 g/mol. The number of pyridine rings is 1. The third-order valence-electron chi connectivity index (χ3n) is 3.41. The van der Waals surface area contributed by atoms with Gasteiger partial charge < -0.3 is 4.74 Å². The lowest BCUT2D eigenvalue weighted by molar-refractivity contribution is -0.137. The standard InChI is InChI=1S/C17H15F3N4O2/c1-10-7-14(17(18,19)20)13(9-21)16(22-10)24-23-15(25)8-11-3-5-12(26-2)6-4-11/h3-7H,8H2,1-2H3,(H,22,24)(H,23,25). The molecule has 0 bridgehead atoms. The average molecular weight is 364 g/mol. The molecule has 0 fully saturated rings. The van der Waals surface area contributed by atoms with E-state index in [4.69, 9.17) is 10.00 Å². The minimum absolute atomic E-state index is 0.0170. The Morgan fingerprint density at radius 1 is 1.31 bits per heavy atom. The molecule has 1 aromatic carbocycles. The highest BCUT2D eigenvalue weighted by Crippen LogP contribution is 2.34. The fraction of sp³-hybridized carbons (Fsp3) is 0.235. The minimum Gasteiger partial charge on any atom is -0.497 e. The Kier molecular flexibility index (Phi) is 5.67. The molecule has 1 aromatic heterocycles. The summed E-state index contributed by atoms with van der Waals surface area (Å²) in [6, 6.07) is 8.99. The zero-order chi connectivity index (χ0) is 19.3. The summed E-state index contributed by atoms with van der Waals surface area (Å²) < 4.78 is 44.1. The molecule has 0 spiro atoms. The molecule has 2 aromatic rings. The van der Waals surface area contributed by atoms with Crippen LogP contribution < -0.4 is 15.6 Å². The van der Waals surface area contributed by atoms with Gasteiger partial charge in [0.15, 0.2) is 5.82 Å². The molecule has 0 radical (unpaired) electrons. The summed E-state index contributed by atoms with van der Waals surface area (Å²) in [6.07, 6.45) is -4.72. The van der Waals surface area contributed by atoms with Gasteiger partial charge >= 0.3 is 6.18 Å². The molecule has 0 aliphatic carbocycles. The van der Waals surface area contributed by atoms with E-state index in [1.807, 2.05) is 0 Å². The Balaban J connectivity index is 2.12. The molecular formula is C17H15F3N4O2. The molecule has 2 rings (SSSR count). The van der Waals surface area contributed by atoms with Gasteiger partial charge in [0.05, 0.1) is 19.1 Å². The van der Waals surface area contributed by atoms with E-state index < -0.39 is 23.2 Å². The first-order valence-electron chi connectivity index (χ1n) is 7.41. The van der Waals surface area contributed by atoms with E-state index in [1.165, 1.54) is 20.1 Å². The molecule has 136 valence electrons. The second-order valence-electron chi connectivity index (χ2n) is 5.34. The van der Waals surface area contributed by atoms with E-state index in [9.17, 15) is 18.0 Å². The van der Waals surface area contributed by atoms with Crippen molar-refractivity contribution in [2.45, 2.75) is 19.5 Å². The molecule has 6 nitrogen and oxygen atoms in total. The topological polar surface area (TPSA) is 87.0 Å². The zero-order valence-electron chi connectivity index (χ0n) is 13.9. The number of aromatic nitrogens is 1. The Morgan fingerprint density at radius 2 is 1.96 bits per heavy atom. The Labute approximate surface area is 147 Å². The molecule has 26 heavy (non-hydrogen) atoms. The lowest BCUT2D eigenvalue weighted by atomic mass is 10.1. The smallest absolute Gasteiger partial charge is 0.417 e. The van der Waals surface area contributed by atoms with E-state index in [1.54, 1.807) is 24.3 Å². The lowest BCUT2D eigenvalue weighted by Crippen LogP contribution is -2.32. The van der Waals surface area contributed by atoms with Gasteiger partial charge in [-0.1, -0.05) is 12.1 Å². The minimum atomic E-state index is -4.71. The van der Waals surface area contributed by atoms with E-state index >= 15 is 0 Å². The van der Waals surface area contributed by atoms with Gasteiger partial charge in [-0.15, -0.1) is 0 Å². The molecule has 1 heterocycles. The number of nitrogens with zero attached hydrogens (tertiary/aromatic N) is 2. The van der Waals surface area contributed by atoms with Crippen molar-refractivity contribution in [3.63, 3.8) is 0 Å². The number of carbonyl (C=O) groups is 1. The highest BCUT2D eigenvalue weighted by atomic mass is 19.4. The van der Waals surface area contributed by atoms with Crippen molar-refractivity contribution in [2.75, 3.05) is 12.5 Å². The van der Waals surface area contributed by atoms with E-state index in [0.29, 0.717) is 11.3 Å². The maximum Gasteiger partial charge on any atom is 0.417 e. The maximum absolute atomic E-state index is 13.0. The second kappa shape index (κ2) is 7.74. The van der Waals surface area contributed by atoms with Gasteiger partial charge in [-0.05, 0) is 30.7 Å². The van der Waals surface area contributed by atoms with Crippen LogP contribution in [0.1, 0.15) is 22.4 Å². The van der Waals surface area contributed by atoms with Crippen molar-refractivity contribution in [1.29, 1.82) is 5.26 Å². The fourth-order valence-corrected chi connectivity index (χ4v) is 2.20. The number of nitriles is 1. The molecule has 0 saturated heterocycles. The predicted molar refractivity (Wildman–Crippen MR) is 87.2 cm³/mol. The first kappa shape index (κ1) is 19.1. The average Bonchev–Trinajstić information content (AvgIpc) is 2.59. The second-order valence-corrected chi connectivity index (χ2v) is 5.34. The zero-order valence-corrected chi connectivity index (χ0v) is 13.9. The number of hydrazine groups is 1. The number of anilines is 1. The fourth-order valence-electron chi connectivity index (χ4n) is 2.20. The van der Waals surface area contributed by atoms with Crippen LogP contribution in [0.4, 0.5) is 19.0 Å². The number of hydrogen-bond acceptors (Lipinski definition) is 5. The van der Waals surface area contributed by atoms with E-state index in [-0.39, 0.29) is 17.9 Å². The van der Waals surface area contributed by atoms with Crippen molar-refractivity contribution in [3.8, 4) is 11.8 Å². The van der Waals surface area contributed by atoms with Crippen molar-refractivity contribution >= 4 is 11.7 Å². The van der Waals surface area contributed by atoms with Crippen molar-refractivity contribution in [1.82, 2.24) is 10.4 Å². The molecule has 2 N–H and O–H groups in total. The molecule has 1 amide bonds. The van der Waals surface area contributed by atoms with Crippen molar-refractivity contribution in [3.05, 3.63) is 52.7 Å². The van der Waals surface area contributed by atoms with Gasteiger partial charge in [-0.2, -0.15) is 18.4 Å². The summed E-state index contributed by atoms with van der Waals surface area (Å²) in [7, 11) is 1.52. The number of aryl methyl sites for hydroxylation is 1. The third kappa shape index (κ3) is 4.63. The van der Waals surface area contributed by atoms with Crippen molar-refractivity contribution < 1.29 is 22.7 Å². The number of rotatable bonds is 5. The first-order chi connectivity index (χ1) is 12.2. The molecule has 0 aliphatic rings. The van der Waals surface area contributed by atoms with Gasteiger partial charge in [0.25, 0.3) is 0 Å². The van der Waals surface area contributed by atoms with Gasteiger partial charge in [0.1, 0.15) is 17.4 Å². The summed E-state index contributed by atoms with van der Waals surface area (Å²) in [6.45, 7) is 1.36. The predicted octanol–water partition coefficient (Wildman–Crippen LogP) is 2.97. The third-order valence-corrected chi connectivity index (χ3v) is 3.41. The summed E-state index contributed by atoms with van der Waals surface area (Å²) >= 11 is 0. The normalized spacial score (nSPS) is 10.8. The molecule has 9 heteroatoms. The number of halogens is 3. The number of carbonyl (C=O) groups excluding carboxylic acids is 1. The molecular weight excluding hydrogens is 349 g/mol. The maximum atomic E-state index is 13.0. The largest absolute Gasteiger partial charge is 0.497 e. The number of methoxy groups -OCH3 is 1. The van der Waals surface area contributed by atoms with Crippen LogP contribution in [-0.2, 0) is 17.4 Å². The van der Waals surface area contributed by atoms with Crippen LogP contribution in [0.15, 0.2) is 30.3 Å². The number of amides is 1. The first-order valence-corrected chi connectivity index (χ1v) is 7.41. The number of benzene rings is 1. The highest BCUT2D eigenvalue weighted by Gasteiger charge is 2.35. The van der Waals surface area contributed by atoms with E-state index in [0.717, 1.165) is 6.07 Å². The van der Waals surface area contributed by atoms with E-state index in [2.05, 4.69) is 15.8 Å². The summed E-state index contributed by atoms with van der Waals surface area (Å²) in [5.41, 5.74) is 3.50. The van der Waals surface area contributed by atoms with Gasteiger partial charge in [-0.25, -0.2) is 4.98 Å². The van der Waals surface area contributed by atoms with Gasteiger partial charge in [-0.3, -0.25) is 15.6 Å². The van der Waals surface area contributed by atoms with Crippen LogP contribution in [0.25, 0.3) is 0 Å². The Bertz CT molecular complexity index is 843. The summed E-state index contributed by atoms with van der Waals surface area (Å²) in [5, 5.41) is 9.05.